The summed E-state index contributed by atoms with van der Waals surface area (Å²) in [4.78, 5) is 11.3. The van der Waals surface area contributed by atoms with Crippen molar-refractivity contribution in [2.45, 2.75) is 32.8 Å². The van der Waals surface area contributed by atoms with Crippen LogP contribution in [0, 0.1) is 0 Å². The van der Waals surface area contributed by atoms with E-state index in [9.17, 15) is 9.90 Å². The van der Waals surface area contributed by atoms with Crippen molar-refractivity contribution < 1.29 is 9.90 Å². The van der Waals surface area contributed by atoms with Gasteiger partial charge in [0, 0.05) is 17.7 Å². The summed E-state index contributed by atoms with van der Waals surface area (Å²) >= 11 is 0. The Labute approximate surface area is 131 Å². The number of hydrogen-bond donors (Lipinski definition) is 3. The largest absolute Gasteiger partial charge is 0.397 e. The molecule has 0 aliphatic heterocycles. The number of benzene rings is 2. The van der Waals surface area contributed by atoms with Crippen molar-refractivity contribution >= 4 is 22.8 Å². The van der Waals surface area contributed by atoms with Gasteiger partial charge in [-0.1, -0.05) is 12.1 Å². The van der Waals surface area contributed by atoms with Gasteiger partial charge in [-0.3, -0.25) is 4.79 Å². The van der Waals surface area contributed by atoms with Crippen LogP contribution in [0.1, 0.15) is 36.7 Å². The molecule has 0 spiro atoms. The Morgan fingerprint density at radius 3 is 2.32 bits per heavy atom. The van der Waals surface area contributed by atoms with Gasteiger partial charge in [-0.2, -0.15) is 0 Å². The summed E-state index contributed by atoms with van der Waals surface area (Å²) in [6.45, 7) is 5.09. The number of nitrogens with two attached hydrogens (primary N) is 1. The number of aliphatic hydroxyl groups is 1. The van der Waals surface area contributed by atoms with Crippen LogP contribution in [0.15, 0.2) is 42.5 Å². The Morgan fingerprint density at radius 1 is 1.18 bits per heavy atom. The Balaban J connectivity index is 2.12. The molecule has 4 N–H and O–H groups in total. The van der Waals surface area contributed by atoms with Crippen LogP contribution < -0.4 is 11.1 Å². The predicted octanol–water partition coefficient (Wildman–Crippen LogP) is 3.53. The predicted molar refractivity (Wildman–Crippen MR) is 90.6 cm³/mol. The molecule has 4 nitrogen and oxygen atoms in total. The molecule has 0 bridgehead atoms. The number of carbonyl (C=O) groups is 1. The van der Waals surface area contributed by atoms with Crippen molar-refractivity contribution in [2.75, 3.05) is 11.1 Å². The van der Waals surface area contributed by atoms with Gasteiger partial charge in [0.2, 0.25) is 0 Å². The summed E-state index contributed by atoms with van der Waals surface area (Å²) in [7, 11) is 0. The van der Waals surface area contributed by atoms with Gasteiger partial charge >= 0.3 is 0 Å². The van der Waals surface area contributed by atoms with E-state index in [0.29, 0.717) is 17.7 Å². The highest BCUT2D eigenvalue weighted by Gasteiger charge is 2.13. The highest BCUT2D eigenvalue weighted by atomic mass is 16.3. The van der Waals surface area contributed by atoms with Crippen molar-refractivity contribution in [2.24, 2.45) is 0 Å². The molecule has 0 amide bonds. The molecule has 0 saturated heterocycles. The first-order chi connectivity index (χ1) is 10.2. The number of anilines is 3. The lowest BCUT2D eigenvalue weighted by Crippen LogP contribution is -2.21. The highest BCUT2D eigenvalue weighted by Crippen LogP contribution is 2.25. The topological polar surface area (TPSA) is 75.3 Å². The second-order valence-corrected chi connectivity index (χ2v) is 6.17. The smallest absolute Gasteiger partial charge is 0.159 e. The van der Waals surface area contributed by atoms with E-state index in [0.717, 1.165) is 16.9 Å². The van der Waals surface area contributed by atoms with Gasteiger partial charge in [0.1, 0.15) is 0 Å². The fraction of sp³-hybridized carbons (Fsp3) is 0.278. The summed E-state index contributed by atoms with van der Waals surface area (Å²) in [5.41, 5.74) is 9.12. The first-order valence-electron chi connectivity index (χ1n) is 7.23. The second-order valence-electron chi connectivity index (χ2n) is 6.17. The van der Waals surface area contributed by atoms with Crippen molar-refractivity contribution in [3.05, 3.63) is 53.6 Å². The van der Waals surface area contributed by atoms with E-state index in [1.807, 2.05) is 24.3 Å². The normalized spacial score (nSPS) is 11.3. The lowest BCUT2D eigenvalue weighted by Gasteiger charge is -2.17. The van der Waals surface area contributed by atoms with E-state index < -0.39 is 5.60 Å². The summed E-state index contributed by atoms with van der Waals surface area (Å²) < 4.78 is 0. The number of Topliss-reactive ketones (excluding diaryl/α,β-unsaturated/α-hetero) is 1. The van der Waals surface area contributed by atoms with E-state index in [-0.39, 0.29) is 5.78 Å². The molecule has 0 saturated carbocycles. The fourth-order valence-corrected chi connectivity index (χ4v) is 2.26. The maximum atomic E-state index is 11.3. The molecule has 0 radical (unpaired) electrons. The van der Waals surface area contributed by atoms with Gasteiger partial charge in [-0.15, -0.1) is 0 Å². The summed E-state index contributed by atoms with van der Waals surface area (Å²) in [5, 5.41) is 13.1. The maximum Gasteiger partial charge on any atom is 0.159 e. The van der Waals surface area contributed by atoms with Crippen LogP contribution in [0.2, 0.25) is 0 Å². The lowest BCUT2D eigenvalue weighted by atomic mass is 9.99. The molecule has 0 aliphatic carbocycles. The summed E-state index contributed by atoms with van der Waals surface area (Å²) in [6.07, 6.45) is 0.600. The van der Waals surface area contributed by atoms with Crippen molar-refractivity contribution in [1.29, 1.82) is 0 Å². The third-order valence-corrected chi connectivity index (χ3v) is 3.33. The van der Waals surface area contributed by atoms with E-state index in [1.54, 1.807) is 32.0 Å². The standard InChI is InChI=1S/C18H22N2O2/c1-12(21)14-6-9-17(16(19)10-14)20-15-7-4-13(5-8-15)11-18(2,3)22/h4-10,20,22H,11,19H2,1-3H3. The SMILES string of the molecule is CC(=O)c1ccc(Nc2ccc(CC(C)(C)O)cc2)c(N)c1. The Morgan fingerprint density at radius 2 is 1.82 bits per heavy atom. The molecule has 116 valence electrons. The quantitative estimate of drug-likeness (QED) is 0.583. The van der Waals surface area contributed by atoms with Gasteiger partial charge in [0.25, 0.3) is 0 Å². The second kappa shape index (κ2) is 6.20. The molecule has 2 aromatic carbocycles. The van der Waals surface area contributed by atoms with Crippen molar-refractivity contribution in [1.82, 2.24) is 0 Å². The zero-order chi connectivity index (χ0) is 16.3. The zero-order valence-electron chi connectivity index (χ0n) is 13.2. The average molecular weight is 298 g/mol. The molecule has 0 atom stereocenters. The minimum atomic E-state index is -0.720. The number of rotatable bonds is 5. The van der Waals surface area contributed by atoms with Crippen LogP contribution >= 0.6 is 0 Å². The van der Waals surface area contributed by atoms with Crippen LogP contribution in [-0.4, -0.2) is 16.5 Å². The van der Waals surface area contributed by atoms with Gasteiger partial charge in [0.05, 0.1) is 17.0 Å². The molecular weight excluding hydrogens is 276 g/mol. The number of nitrogen functional groups attached to an aromatic ring is 1. The molecular formula is C18H22N2O2. The number of hydrogen-bond acceptors (Lipinski definition) is 4. The van der Waals surface area contributed by atoms with Gasteiger partial charge in [-0.25, -0.2) is 0 Å². The van der Waals surface area contributed by atoms with Crippen molar-refractivity contribution in [3.63, 3.8) is 0 Å². The van der Waals surface area contributed by atoms with Gasteiger partial charge < -0.3 is 16.2 Å². The van der Waals surface area contributed by atoms with Crippen LogP contribution in [0.3, 0.4) is 0 Å². The van der Waals surface area contributed by atoms with Crippen LogP contribution in [0.25, 0.3) is 0 Å². The van der Waals surface area contributed by atoms with E-state index in [4.69, 9.17) is 5.73 Å². The molecule has 0 aliphatic rings. The van der Waals surface area contributed by atoms with Crippen LogP contribution in [-0.2, 0) is 6.42 Å². The molecule has 0 fully saturated rings. The molecule has 0 aromatic heterocycles. The zero-order valence-corrected chi connectivity index (χ0v) is 13.2. The van der Waals surface area contributed by atoms with Crippen molar-refractivity contribution in [3.8, 4) is 0 Å². The van der Waals surface area contributed by atoms with E-state index in [1.165, 1.54) is 6.92 Å². The van der Waals surface area contributed by atoms with Crippen LogP contribution in [0.4, 0.5) is 17.1 Å². The molecule has 4 heteroatoms. The third kappa shape index (κ3) is 4.33. The molecule has 2 aromatic rings. The minimum absolute atomic E-state index is 0.00535. The fourth-order valence-electron chi connectivity index (χ4n) is 2.26. The van der Waals surface area contributed by atoms with Gasteiger partial charge in [0.15, 0.2) is 5.78 Å². The third-order valence-electron chi connectivity index (χ3n) is 3.33. The van der Waals surface area contributed by atoms with Gasteiger partial charge in [-0.05, 0) is 56.7 Å². The Kier molecular flexibility index (Phi) is 4.52. The maximum absolute atomic E-state index is 11.3. The first kappa shape index (κ1) is 16.0. The van der Waals surface area contributed by atoms with Crippen LogP contribution in [0.5, 0.6) is 0 Å². The molecule has 22 heavy (non-hydrogen) atoms. The Hall–Kier alpha value is -2.33. The highest BCUT2D eigenvalue weighted by molar-refractivity contribution is 5.96. The average Bonchev–Trinajstić information content (AvgIpc) is 2.41. The summed E-state index contributed by atoms with van der Waals surface area (Å²) in [5.74, 6) is -0.00535. The molecule has 0 heterocycles. The molecule has 0 unspecified atom stereocenters. The van der Waals surface area contributed by atoms with E-state index >= 15 is 0 Å². The minimum Gasteiger partial charge on any atom is -0.397 e. The first-order valence-corrected chi connectivity index (χ1v) is 7.23. The number of carbonyl (C=O) groups excluding carboxylic acids is 1. The number of nitrogens with one attached hydrogen (secondary N) is 1. The molecule has 2 rings (SSSR count). The number of ketones is 1. The lowest BCUT2D eigenvalue weighted by molar-refractivity contribution is 0.0810. The summed E-state index contributed by atoms with van der Waals surface area (Å²) in [6, 6.07) is 13.1. The Bertz CT molecular complexity index is 670. The monoisotopic (exact) mass is 298 g/mol. The van der Waals surface area contributed by atoms with E-state index in [2.05, 4.69) is 5.32 Å².